The SMILES string of the molecule is Cc1nn(-c2ccccc2Cl)c2c1C(c1ccc([N+](=O)[O-])cc1)c1c([nH]c(=S)[nH]c1=O)N2. The molecule has 3 heterocycles. The number of hydrogen-bond donors (Lipinski definition) is 3. The Labute approximate surface area is 190 Å². The zero-order valence-electron chi connectivity index (χ0n) is 16.5. The topological polar surface area (TPSA) is 122 Å². The minimum atomic E-state index is -0.533. The monoisotopic (exact) mass is 466 g/mol. The molecule has 0 aliphatic carbocycles. The molecule has 1 atom stereocenters. The second-order valence-corrected chi connectivity index (χ2v) is 8.13. The Balaban J connectivity index is 1.80. The summed E-state index contributed by atoms with van der Waals surface area (Å²) in [5, 5.41) is 19.6. The van der Waals surface area contributed by atoms with Crippen LogP contribution in [0, 0.1) is 21.8 Å². The van der Waals surface area contributed by atoms with Gasteiger partial charge in [-0.15, -0.1) is 0 Å². The van der Waals surface area contributed by atoms with Gasteiger partial charge in [-0.1, -0.05) is 35.9 Å². The zero-order valence-corrected chi connectivity index (χ0v) is 18.1. The van der Waals surface area contributed by atoms with E-state index in [-0.39, 0.29) is 16.0 Å². The summed E-state index contributed by atoms with van der Waals surface area (Å²) in [7, 11) is 0. The van der Waals surface area contributed by atoms with Gasteiger partial charge in [0.05, 0.1) is 26.9 Å². The molecule has 0 saturated carbocycles. The summed E-state index contributed by atoms with van der Waals surface area (Å²) in [4.78, 5) is 29.3. The van der Waals surface area contributed by atoms with Gasteiger partial charge in [0, 0.05) is 23.6 Å². The number of aromatic nitrogens is 4. The fourth-order valence-corrected chi connectivity index (χ4v) is 4.47. The Kier molecular flexibility index (Phi) is 4.68. The molecule has 32 heavy (non-hydrogen) atoms. The van der Waals surface area contributed by atoms with Crippen LogP contribution in [-0.2, 0) is 0 Å². The van der Waals surface area contributed by atoms with Crippen molar-refractivity contribution in [1.82, 2.24) is 19.7 Å². The fraction of sp³-hybridized carbons (Fsp3) is 0.0952. The lowest BCUT2D eigenvalue weighted by molar-refractivity contribution is -0.384. The number of H-pyrrole nitrogens is 2. The van der Waals surface area contributed by atoms with E-state index in [9.17, 15) is 14.9 Å². The van der Waals surface area contributed by atoms with Crippen molar-refractivity contribution >= 4 is 41.1 Å². The third-order valence-corrected chi connectivity index (χ3v) is 5.95. The largest absolute Gasteiger partial charge is 0.326 e. The van der Waals surface area contributed by atoms with Crippen LogP contribution in [0.15, 0.2) is 53.3 Å². The maximum Gasteiger partial charge on any atom is 0.269 e. The van der Waals surface area contributed by atoms with Crippen LogP contribution in [0.1, 0.15) is 28.3 Å². The number of benzene rings is 2. The van der Waals surface area contributed by atoms with Crippen molar-refractivity contribution in [3.05, 3.63) is 101 Å². The number of anilines is 2. The van der Waals surface area contributed by atoms with Crippen molar-refractivity contribution < 1.29 is 4.92 Å². The van der Waals surface area contributed by atoms with E-state index < -0.39 is 10.8 Å². The van der Waals surface area contributed by atoms with E-state index in [0.717, 1.165) is 5.56 Å². The average molecular weight is 467 g/mol. The van der Waals surface area contributed by atoms with Crippen LogP contribution in [0.5, 0.6) is 0 Å². The highest BCUT2D eigenvalue weighted by molar-refractivity contribution is 7.71. The standard InChI is InChI=1S/C21H15ClN6O3S/c1-10-15-16(11-6-8-12(9-7-11)28(30)31)17-18(24-21(32)25-20(17)29)23-19(15)27(26-10)14-5-3-2-4-13(14)22/h2-9,16H,1H3,(H3,23,24,25,29,32). The molecule has 5 rings (SSSR count). The number of nitrogens with zero attached hydrogens (tertiary/aromatic N) is 3. The van der Waals surface area contributed by atoms with Crippen molar-refractivity contribution in [3.8, 4) is 5.69 Å². The van der Waals surface area contributed by atoms with E-state index in [1.165, 1.54) is 12.1 Å². The maximum atomic E-state index is 13.0. The molecule has 1 unspecified atom stereocenters. The minimum absolute atomic E-state index is 0.0343. The van der Waals surface area contributed by atoms with Crippen molar-refractivity contribution in [2.75, 3.05) is 5.32 Å². The van der Waals surface area contributed by atoms with Crippen LogP contribution < -0.4 is 10.9 Å². The summed E-state index contributed by atoms with van der Waals surface area (Å²) >= 11 is 11.6. The number of hydrogen-bond acceptors (Lipinski definition) is 6. The second kappa shape index (κ2) is 7.43. The Bertz CT molecular complexity index is 1510. The predicted molar refractivity (Wildman–Crippen MR) is 123 cm³/mol. The third kappa shape index (κ3) is 3.12. The summed E-state index contributed by atoms with van der Waals surface area (Å²) in [6.45, 7) is 1.84. The first-order chi connectivity index (χ1) is 15.3. The first-order valence-corrected chi connectivity index (χ1v) is 10.4. The van der Waals surface area contributed by atoms with Crippen LogP contribution >= 0.6 is 23.8 Å². The Morgan fingerprint density at radius 2 is 1.84 bits per heavy atom. The molecule has 1 aliphatic heterocycles. The minimum Gasteiger partial charge on any atom is -0.326 e. The molecule has 11 heteroatoms. The molecule has 1 aliphatic rings. The molecule has 9 nitrogen and oxygen atoms in total. The van der Waals surface area contributed by atoms with Gasteiger partial charge in [0.2, 0.25) is 0 Å². The Hall–Kier alpha value is -3.76. The van der Waals surface area contributed by atoms with Gasteiger partial charge in [-0.05, 0) is 36.8 Å². The normalized spacial score (nSPS) is 14.4. The van der Waals surface area contributed by atoms with Gasteiger partial charge in [-0.2, -0.15) is 5.10 Å². The molecule has 4 aromatic rings. The van der Waals surface area contributed by atoms with Gasteiger partial charge in [-0.3, -0.25) is 19.9 Å². The molecule has 0 fully saturated rings. The molecule has 0 spiro atoms. The average Bonchev–Trinajstić information content (AvgIpc) is 3.08. The number of nitrogens with one attached hydrogen (secondary N) is 3. The van der Waals surface area contributed by atoms with Crippen LogP contribution in [0.25, 0.3) is 5.69 Å². The van der Waals surface area contributed by atoms with E-state index in [0.29, 0.717) is 39.2 Å². The molecule has 0 bridgehead atoms. The van der Waals surface area contributed by atoms with E-state index >= 15 is 0 Å². The second-order valence-electron chi connectivity index (χ2n) is 7.31. The third-order valence-electron chi connectivity index (χ3n) is 5.42. The molecule has 3 N–H and O–H groups in total. The molecule has 160 valence electrons. The van der Waals surface area contributed by atoms with E-state index in [1.54, 1.807) is 22.9 Å². The number of nitro groups is 1. The summed E-state index contributed by atoms with van der Waals surface area (Å²) < 4.78 is 1.86. The molecular formula is C21H15ClN6O3S. The lowest BCUT2D eigenvalue weighted by Gasteiger charge is -2.27. The lowest BCUT2D eigenvalue weighted by Crippen LogP contribution is -2.26. The highest BCUT2D eigenvalue weighted by Crippen LogP contribution is 2.45. The summed E-state index contributed by atoms with van der Waals surface area (Å²) in [6, 6.07) is 13.4. The van der Waals surface area contributed by atoms with Crippen molar-refractivity contribution in [3.63, 3.8) is 0 Å². The van der Waals surface area contributed by atoms with Gasteiger partial charge in [0.15, 0.2) is 4.77 Å². The maximum absolute atomic E-state index is 13.0. The van der Waals surface area contributed by atoms with E-state index in [4.69, 9.17) is 23.8 Å². The number of para-hydroxylation sites is 1. The summed E-state index contributed by atoms with van der Waals surface area (Å²) in [5.41, 5.74) is 2.85. The summed E-state index contributed by atoms with van der Waals surface area (Å²) in [5.74, 6) is 0.527. The Morgan fingerprint density at radius 3 is 2.53 bits per heavy atom. The van der Waals surface area contributed by atoms with Crippen molar-refractivity contribution in [1.29, 1.82) is 0 Å². The molecule has 2 aromatic carbocycles. The number of non-ortho nitro benzene ring substituents is 1. The molecule has 0 radical (unpaired) electrons. The quantitative estimate of drug-likeness (QED) is 0.201. The molecule has 0 amide bonds. The van der Waals surface area contributed by atoms with Crippen LogP contribution in [-0.4, -0.2) is 24.7 Å². The van der Waals surface area contributed by atoms with Gasteiger partial charge in [0.25, 0.3) is 11.2 Å². The number of fused-ring (bicyclic) bond motifs is 2. The summed E-state index contributed by atoms with van der Waals surface area (Å²) in [6.07, 6.45) is 0. The molecule has 2 aromatic heterocycles. The van der Waals surface area contributed by atoms with E-state index in [2.05, 4.69) is 20.4 Å². The zero-order chi connectivity index (χ0) is 22.6. The number of rotatable bonds is 3. The van der Waals surface area contributed by atoms with Crippen LogP contribution in [0.4, 0.5) is 17.3 Å². The first-order valence-electron chi connectivity index (χ1n) is 9.57. The van der Waals surface area contributed by atoms with Gasteiger partial charge in [0.1, 0.15) is 11.6 Å². The highest BCUT2D eigenvalue weighted by Gasteiger charge is 2.35. The fourth-order valence-electron chi connectivity index (χ4n) is 4.06. The smallest absolute Gasteiger partial charge is 0.269 e. The van der Waals surface area contributed by atoms with Crippen LogP contribution in [0.3, 0.4) is 0 Å². The van der Waals surface area contributed by atoms with Gasteiger partial charge >= 0.3 is 0 Å². The lowest BCUT2D eigenvalue weighted by atomic mass is 9.83. The predicted octanol–water partition coefficient (Wildman–Crippen LogP) is 4.73. The van der Waals surface area contributed by atoms with E-state index in [1.807, 2.05) is 25.1 Å². The van der Waals surface area contributed by atoms with Gasteiger partial charge in [-0.25, -0.2) is 4.68 Å². The number of aryl methyl sites for hydroxylation is 1. The molecular weight excluding hydrogens is 452 g/mol. The highest BCUT2D eigenvalue weighted by atomic mass is 35.5. The van der Waals surface area contributed by atoms with Crippen LogP contribution in [0.2, 0.25) is 5.02 Å². The van der Waals surface area contributed by atoms with Crippen molar-refractivity contribution in [2.45, 2.75) is 12.8 Å². The number of nitro benzene ring substituents is 1. The van der Waals surface area contributed by atoms with Gasteiger partial charge < -0.3 is 10.3 Å². The number of aromatic amines is 2. The molecule has 0 saturated heterocycles. The first kappa shape index (κ1) is 20.2. The number of halogens is 1. The Morgan fingerprint density at radius 1 is 1.12 bits per heavy atom. The van der Waals surface area contributed by atoms with Crippen molar-refractivity contribution in [2.24, 2.45) is 0 Å².